The van der Waals surface area contributed by atoms with Gasteiger partial charge in [-0.25, -0.2) is 0 Å². The third kappa shape index (κ3) is 3.49. The van der Waals surface area contributed by atoms with Crippen LogP contribution in [0.4, 0.5) is 5.69 Å². The molecule has 0 amide bonds. The third-order valence-electron chi connectivity index (χ3n) is 1.50. The highest BCUT2D eigenvalue weighted by Crippen LogP contribution is 2.14. The van der Waals surface area contributed by atoms with E-state index in [1.807, 2.05) is 31.2 Å². The number of benzene rings is 1. The van der Waals surface area contributed by atoms with E-state index in [0.717, 1.165) is 11.4 Å². The highest BCUT2D eigenvalue weighted by molar-refractivity contribution is 7.80. The first-order valence-corrected chi connectivity index (χ1v) is 4.67. The van der Waals surface area contributed by atoms with Gasteiger partial charge in [0.05, 0.1) is 12.3 Å². The van der Waals surface area contributed by atoms with E-state index in [1.54, 1.807) is 0 Å². The Morgan fingerprint density at radius 1 is 1.43 bits per heavy atom. The second kappa shape index (κ2) is 5.29. The van der Waals surface area contributed by atoms with Crippen molar-refractivity contribution in [2.24, 2.45) is 5.73 Å². The van der Waals surface area contributed by atoms with Crippen molar-refractivity contribution in [3.05, 3.63) is 24.3 Å². The Morgan fingerprint density at radius 3 is 2.57 bits per heavy atom. The van der Waals surface area contributed by atoms with Gasteiger partial charge < -0.3 is 10.5 Å². The van der Waals surface area contributed by atoms with Gasteiger partial charge in [0.2, 0.25) is 0 Å². The lowest BCUT2D eigenvalue weighted by Crippen LogP contribution is -2.33. The van der Waals surface area contributed by atoms with Crippen molar-refractivity contribution < 1.29 is 4.74 Å². The highest BCUT2D eigenvalue weighted by Gasteiger charge is 1.93. The van der Waals surface area contributed by atoms with Crippen LogP contribution in [-0.4, -0.2) is 11.7 Å². The van der Waals surface area contributed by atoms with Crippen LogP contribution < -0.4 is 21.3 Å². The molecule has 5 heteroatoms. The monoisotopic (exact) mass is 211 g/mol. The molecule has 0 bridgehead atoms. The summed E-state index contributed by atoms with van der Waals surface area (Å²) >= 11 is 4.64. The Morgan fingerprint density at radius 2 is 2.07 bits per heavy atom. The van der Waals surface area contributed by atoms with Gasteiger partial charge in [-0.2, -0.15) is 0 Å². The molecule has 0 saturated heterocycles. The minimum atomic E-state index is 0.207. The van der Waals surface area contributed by atoms with Crippen LogP contribution in [0.1, 0.15) is 6.92 Å². The summed E-state index contributed by atoms with van der Waals surface area (Å²) in [5, 5.41) is 0.207. The Labute approximate surface area is 88.4 Å². The van der Waals surface area contributed by atoms with Crippen LogP contribution in [0.25, 0.3) is 0 Å². The molecule has 0 heterocycles. The molecule has 4 nitrogen and oxygen atoms in total. The van der Waals surface area contributed by atoms with Crippen molar-refractivity contribution >= 4 is 23.0 Å². The van der Waals surface area contributed by atoms with Gasteiger partial charge in [0.25, 0.3) is 0 Å². The minimum absolute atomic E-state index is 0.207. The molecule has 4 N–H and O–H groups in total. The van der Waals surface area contributed by atoms with Gasteiger partial charge in [-0.1, -0.05) is 0 Å². The average Bonchev–Trinajstić information content (AvgIpc) is 2.17. The van der Waals surface area contributed by atoms with Crippen LogP contribution in [0.2, 0.25) is 0 Å². The largest absolute Gasteiger partial charge is 0.494 e. The fourth-order valence-electron chi connectivity index (χ4n) is 0.935. The molecule has 14 heavy (non-hydrogen) atoms. The number of ether oxygens (including phenoxy) is 1. The van der Waals surface area contributed by atoms with Gasteiger partial charge in [-0.15, -0.1) is 0 Å². The fraction of sp³-hybridized carbons (Fsp3) is 0.222. The zero-order valence-corrected chi connectivity index (χ0v) is 8.73. The van der Waals surface area contributed by atoms with Crippen LogP contribution in [0.5, 0.6) is 5.75 Å². The average molecular weight is 211 g/mol. The fourth-order valence-corrected chi connectivity index (χ4v) is 0.986. The predicted octanol–water partition coefficient (Wildman–Crippen LogP) is 1.25. The van der Waals surface area contributed by atoms with Crippen molar-refractivity contribution in [1.29, 1.82) is 0 Å². The van der Waals surface area contributed by atoms with Gasteiger partial charge in [-0.3, -0.25) is 10.9 Å². The van der Waals surface area contributed by atoms with E-state index >= 15 is 0 Å². The second-order valence-corrected chi connectivity index (χ2v) is 3.01. The van der Waals surface area contributed by atoms with Crippen molar-refractivity contribution in [2.45, 2.75) is 6.92 Å². The first-order valence-electron chi connectivity index (χ1n) is 4.26. The third-order valence-corrected chi connectivity index (χ3v) is 1.60. The van der Waals surface area contributed by atoms with E-state index in [2.05, 4.69) is 23.1 Å². The summed E-state index contributed by atoms with van der Waals surface area (Å²) in [6, 6.07) is 7.48. The number of hydrazine groups is 1. The van der Waals surface area contributed by atoms with E-state index in [9.17, 15) is 0 Å². The van der Waals surface area contributed by atoms with Crippen LogP contribution >= 0.6 is 12.2 Å². The van der Waals surface area contributed by atoms with E-state index in [0.29, 0.717) is 6.61 Å². The molecule has 0 aliphatic carbocycles. The smallest absolute Gasteiger partial charge is 0.182 e. The lowest BCUT2D eigenvalue weighted by Gasteiger charge is -2.08. The number of nitrogens with two attached hydrogens (primary N) is 1. The molecule has 1 rings (SSSR count). The number of hydrogen-bond acceptors (Lipinski definition) is 3. The lowest BCUT2D eigenvalue weighted by molar-refractivity contribution is 0.340. The topological polar surface area (TPSA) is 59.3 Å². The number of nitrogens with one attached hydrogen (secondary N) is 2. The molecule has 0 unspecified atom stereocenters. The number of rotatable bonds is 4. The summed E-state index contributed by atoms with van der Waals surface area (Å²) in [7, 11) is 0. The van der Waals surface area contributed by atoms with E-state index in [-0.39, 0.29) is 5.11 Å². The van der Waals surface area contributed by atoms with Crippen molar-refractivity contribution in [1.82, 2.24) is 5.43 Å². The summed E-state index contributed by atoms with van der Waals surface area (Å²) in [6.45, 7) is 2.61. The van der Waals surface area contributed by atoms with Crippen LogP contribution in [0.3, 0.4) is 0 Å². The maximum absolute atomic E-state index is 5.29. The molecule has 0 spiro atoms. The maximum atomic E-state index is 5.29. The van der Waals surface area contributed by atoms with Gasteiger partial charge in [0.15, 0.2) is 5.11 Å². The van der Waals surface area contributed by atoms with Crippen molar-refractivity contribution in [3.8, 4) is 5.75 Å². The summed E-state index contributed by atoms with van der Waals surface area (Å²) in [6.07, 6.45) is 0. The van der Waals surface area contributed by atoms with E-state index in [1.165, 1.54) is 0 Å². The molecule has 1 aromatic carbocycles. The lowest BCUT2D eigenvalue weighted by atomic mass is 10.3. The Kier molecular flexibility index (Phi) is 4.00. The molecule has 0 atom stereocenters. The number of hydrogen-bond donors (Lipinski definition) is 3. The maximum Gasteiger partial charge on any atom is 0.182 e. The van der Waals surface area contributed by atoms with Crippen LogP contribution in [0, 0.1) is 0 Å². The SMILES string of the molecule is CCOc1ccc(NNC(N)=S)cc1. The number of anilines is 1. The van der Waals surface area contributed by atoms with E-state index < -0.39 is 0 Å². The standard InChI is InChI=1S/C9H13N3OS/c1-2-13-8-5-3-7(4-6-8)11-12-9(10)14/h3-6,11H,2H2,1H3,(H3,10,12,14). The molecule has 0 saturated carbocycles. The van der Waals surface area contributed by atoms with Crippen molar-refractivity contribution in [3.63, 3.8) is 0 Å². The first-order chi connectivity index (χ1) is 6.72. The van der Waals surface area contributed by atoms with Crippen molar-refractivity contribution in [2.75, 3.05) is 12.0 Å². The molecule has 0 aliphatic heterocycles. The normalized spacial score (nSPS) is 9.21. The quantitative estimate of drug-likeness (QED) is 0.517. The summed E-state index contributed by atoms with van der Waals surface area (Å²) in [5.74, 6) is 0.841. The van der Waals surface area contributed by atoms with E-state index in [4.69, 9.17) is 10.5 Å². The Bertz CT molecular complexity index is 299. The molecule has 76 valence electrons. The molecular weight excluding hydrogens is 198 g/mol. The first kappa shape index (κ1) is 10.6. The summed E-state index contributed by atoms with van der Waals surface area (Å²) in [4.78, 5) is 0. The number of thiocarbonyl (C=S) groups is 1. The van der Waals surface area contributed by atoms with Gasteiger partial charge >= 0.3 is 0 Å². The highest BCUT2D eigenvalue weighted by atomic mass is 32.1. The van der Waals surface area contributed by atoms with Gasteiger partial charge in [0, 0.05) is 0 Å². The zero-order valence-electron chi connectivity index (χ0n) is 7.91. The molecule has 0 aliphatic rings. The molecule has 0 fully saturated rings. The molecular formula is C9H13N3OS. The second-order valence-electron chi connectivity index (χ2n) is 2.57. The predicted molar refractivity (Wildman–Crippen MR) is 61.2 cm³/mol. The molecule has 0 radical (unpaired) electrons. The molecule has 0 aromatic heterocycles. The van der Waals surface area contributed by atoms with Gasteiger partial charge in [0.1, 0.15) is 5.75 Å². The minimum Gasteiger partial charge on any atom is -0.494 e. The zero-order chi connectivity index (χ0) is 10.4. The Balaban J connectivity index is 2.50. The summed E-state index contributed by atoms with van der Waals surface area (Å²) < 4.78 is 5.29. The van der Waals surface area contributed by atoms with Crippen LogP contribution in [-0.2, 0) is 0 Å². The Hall–Kier alpha value is -1.49. The van der Waals surface area contributed by atoms with Gasteiger partial charge in [-0.05, 0) is 43.4 Å². The van der Waals surface area contributed by atoms with Crippen LogP contribution in [0.15, 0.2) is 24.3 Å². The summed E-state index contributed by atoms with van der Waals surface area (Å²) in [5.41, 5.74) is 11.6. The molecule has 1 aromatic rings.